The lowest BCUT2D eigenvalue weighted by atomic mass is 10.1. The third-order valence-electron chi connectivity index (χ3n) is 3.72. The Morgan fingerprint density at radius 1 is 1.17 bits per heavy atom. The maximum Gasteiger partial charge on any atom is 0.190 e. The van der Waals surface area contributed by atoms with Crippen molar-refractivity contribution < 1.29 is 4.52 Å². The fourth-order valence-corrected chi connectivity index (χ4v) is 2.63. The van der Waals surface area contributed by atoms with Crippen LogP contribution in [0.1, 0.15) is 22.6 Å². The van der Waals surface area contributed by atoms with E-state index in [1.165, 1.54) is 0 Å². The molecule has 24 heavy (non-hydrogen) atoms. The molecule has 0 unspecified atom stereocenters. The summed E-state index contributed by atoms with van der Waals surface area (Å²) < 4.78 is 5.17. The summed E-state index contributed by atoms with van der Waals surface area (Å²) in [7, 11) is 1.76. The molecule has 1 aromatic heterocycles. The normalized spacial score (nSPS) is 11.1. The Balaban J connectivity index is 0.00000288. The third-order valence-corrected chi connectivity index (χ3v) is 4.09. The van der Waals surface area contributed by atoms with Gasteiger partial charge in [0.25, 0.3) is 0 Å². The van der Waals surface area contributed by atoms with Crippen molar-refractivity contribution in [3.05, 3.63) is 51.9 Å². The van der Waals surface area contributed by atoms with Crippen molar-refractivity contribution in [2.24, 2.45) is 4.99 Å². The van der Waals surface area contributed by atoms with Crippen molar-refractivity contribution in [1.29, 1.82) is 0 Å². The predicted molar refractivity (Wildman–Crippen MR) is 110 cm³/mol. The van der Waals surface area contributed by atoms with E-state index >= 15 is 0 Å². The Kier molecular flexibility index (Phi) is 9.13. The molecule has 0 aliphatic heterocycles. The van der Waals surface area contributed by atoms with Crippen molar-refractivity contribution >= 4 is 41.5 Å². The van der Waals surface area contributed by atoms with Gasteiger partial charge in [0.05, 0.1) is 5.69 Å². The van der Waals surface area contributed by atoms with Gasteiger partial charge in [-0.3, -0.25) is 4.99 Å². The highest BCUT2D eigenvalue weighted by Crippen LogP contribution is 2.14. The van der Waals surface area contributed by atoms with Crippen LogP contribution in [0.25, 0.3) is 0 Å². The lowest BCUT2D eigenvalue weighted by molar-refractivity contribution is 0.392. The van der Waals surface area contributed by atoms with Crippen LogP contribution in [-0.4, -0.2) is 31.3 Å². The third kappa shape index (κ3) is 5.98. The maximum absolute atomic E-state index is 6.16. The number of rotatable bonds is 6. The van der Waals surface area contributed by atoms with Crippen LogP contribution in [0.4, 0.5) is 0 Å². The highest BCUT2D eigenvalue weighted by Gasteiger charge is 2.08. The van der Waals surface area contributed by atoms with E-state index < -0.39 is 0 Å². The van der Waals surface area contributed by atoms with E-state index in [1.54, 1.807) is 7.05 Å². The quantitative estimate of drug-likeness (QED) is 0.392. The van der Waals surface area contributed by atoms with Gasteiger partial charge in [-0.2, -0.15) is 0 Å². The SMILES string of the molecule is CN=C(NCCc1ccccc1Cl)NCCc1c(C)noc1C.I. The fraction of sp³-hybridized carbons (Fsp3) is 0.412. The average molecular weight is 463 g/mol. The van der Waals surface area contributed by atoms with Crippen LogP contribution in [0, 0.1) is 13.8 Å². The molecular formula is C17H24ClIN4O. The van der Waals surface area contributed by atoms with Crippen LogP contribution in [0.2, 0.25) is 5.02 Å². The van der Waals surface area contributed by atoms with Crippen molar-refractivity contribution in [2.45, 2.75) is 26.7 Å². The van der Waals surface area contributed by atoms with E-state index in [4.69, 9.17) is 16.1 Å². The van der Waals surface area contributed by atoms with E-state index in [9.17, 15) is 0 Å². The minimum absolute atomic E-state index is 0. The molecule has 1 aromatic carbocycles. The van der Waals surface area contributed by atoms with Crippen molar-refractivity contribution in [2.75, 3.05) is 20.1 Å². The molecule has 0 spiro atoms. The maximum atomic E-state index is 6.16. The minimum Gasteiger partial charge on any atom is -0.361 e. The van der Waals surface area contributed by atoms with E-state index in [0.717, 1.165) is 59.5 Å². The number of aromatic nitrogens is 1. The lowest BCUT2D eigenvalue weighted by Gasteiger charge is -2.12. The van der Waals surface area contributed by atoms with Gasteiger partial charge >= 0.3 is 0 Å². The zero-order valence-electron chi connectivity index (χ0n) is 14.2. The zero-order chi connectivity index (χ0) is 16.7. The molecule has 132 valence electrons. The molecule has 0 radical (unpaired) electrons. The number of hydrogen-bond donors (Lipinski definition) is 2. The molecular weight excluding hydrogens is 439 g/mol. The Morgan fingerprint density at radius 3 is 2.42 bits per heavy atom. The lowest BCUT2D eigenvalue weighted by Crippen LogP contribution is -2.39. The Bertz CT molecular complexity index is 653. The molecule has 0 saturated heterocycles. The van der Waals surface area contributed by atoms with E-state index in [0.29, 0.717) is 0 Å². The minimum atomic E-state index is 0. The van der Waals surface area contributed by atoms with Gasteiger partial charge in [-0.25, -0.2) is 0 Å². The van der Waals surface area contributed by atoms with Gasteiger partial charge in [0.15, 0.2) is 5.96 Å². The molecule has 0 fully saturated rings. The second kappa shape index (κ2) is 10.6. The first-order valence-corrected chi connectivity index (χ1v) is 8.09. The van der Waals surface area contributed by atoms with Gasteiger partial charge in [-0.1, -0.05) is 35.0 Å². The standard InChI is InChI=1S/C17H23ClN4O.HI/c1-12-15(13(2)23-22-12)9-11-21-17(19-3)20-10-8-14-6-4-5-7-16(14)18;/h4-7H,8-11H2,1-3H3,(H2,19,20,21);1H. The van der Waals surface area contributed by atoms with Crippen molar-refractivity contribution in [3.8, 4) is 0 Å². The number of aliphatic imine (C=N–C) groups is 1. The zero-order valence-corrected chi connectivity index (χ0v) is 17.3. The monoisotopic (exact) mass is 462 g/mol. The number of aryl methyl sites for hydroxylation is 2. The van der Waals surface area contributed by atoms with Gasteiger partial charge in [-0.05, 0) is 38.3 Å². The van der Waals surface area contributed by atoms with E-state index in [2.05, 4.69) is 20.8 Å². The summed E-state index contributed by atoms with van der Waals surface area (Å²) in [5.41, 5.74) is 3.24. The Hall–Kier alpha value is -1.28. The molecule has 0 bridgehead atoms. The highest BCUT2D eigenvalue weighted by atomic mass is 127. The molecule has 0 saturated carbocycles. The van der Waals surface area contributed by atoms with E-state index in [-0.39, 0.29) is 24.0 Å². The predicted octanol–water partition coefficient (Wildman–Crippen LogP) is 3.51. The second-order valence-electron chi connectivity index (χ2n) is 5.32. The largest absolute Gasteiger partial charge is 0.361 e. The first kappa shape index (κ1) is 20.8. The average Bonchev–Trinajstić information content (AvgIpc) is 2.86. The van der Waals surface area contributed by atoms with Gasteiger partial charge in [0.1, 0.15) is 5.76 Å². The molecule has 2 rings (SSSR count). The van der Waals surface area contributed by atoms with Crippen molar-refractivity contribution in [1.82, 2.24) is 15.8 Å². The van der Waals surface area contributed by atoms with Crippen LogP contribution < -0.4 is 10.6 Å². The molecule has 7 heteroatoms. The van der Waals surface area contributed by atoms with Crippen LogP contribution in [0.3, 0.4) is 0 Å². The molecule has 2 aromatic rings. The van der Waals surface area contributed by atoms with Crippen molar-refractivity contribution in [3.63, 3.8) is 0 Å². The van der Waals surface area contributed by atoms with Gasteiger partial charge in [-0.15, -0.1) is 24.0 Å². The smallest absolute Gasteiger partial charge is 0.190 e. The molecule has 1 heterocycles. The summed E-state index contributed by atoms with van der Waals surface area (Å²) in [5, 5.41) is 11.4. The fourth-order valence-electron chi connectivity index (χ4n) is 2.40. The van der Waals surface area contributed by atoms with Crippen LogP contribution in [-0.2, 0) is 12.8 Å². The van der Waals surface area contributed by atoms with E-state index in [1.807, 2.05) is 38.1 Å². The van der Waals surface area contributed by atoms with Crippen LogP contribution >= 0.6 is 35.6 Å². The van der Waals surface area contributed by atoms with Gasteiger partial charge < -0.3 is 15.2 Å². The van der Waals surface area contributed by atoms with Gasteiger partial charge in [0, 0.05) is 30.7 Å². The number of nitrogens with one attached hydrogen (secondary N) is 2. The van der Waals surface area contributed by atoms with Crippen LogP contribution in [0.15, 0.2) is 33.8 Å². The first-order chi connectivity index (χ1) is 11.1. The molecule has 0 atom stereocenters. The summed E-state index contributed by atoms with van der Waals surface area (Å²) in [6, 6.07) is 7.89. The number of halogens is 2. The summed E-state index contributed by atoms with van der Waals surface area (Å²) in [6.45, 7) is 5.44. The molecule has 5 nitrogen and oxygen atoms in total. The highest BCUT2D eigenvalue weighted by molar-refractivity contribution is 14.0. The summed E-state index contributed by atoms with van der Waals surface area (Å²) in [5.74, 6) is 1.66. The number of nitrogens with zero attached hydrogens (tertiary/aromatic N) is 2. The Labute approximate surface area is 165 Å². The Morgan fingerprint density at radius 2 is 1.83 bits per heavy atom. The molecule has 0 aliphatic rings. The number of hydrogen-bond acceptors (Lipinski definition) is 3. The molecule has 0 aliphatic carbocycles. The summed E-state index contributed by atoms with van der Waals surface area (Å²) >= 11 is 6.16. The summed E-state index contributed by atoms with van der Waals surface area (Å²) in [4.78, 5) is 4.23. The number of guanidine groups is 1. The topological polar surface area (TPSA) is 62.5 Å². The molecule has 2 N–H and O–H groups in total. The second-order valence-corrected chi connectivity index (χ2v) is 5.73. The van der Waals surface area contributed by atoms with Gasteiger partial charge in [0.2, 0.25) is 0 Å². The molecule has 0 amide bonds. The van der Waals surface area contributed by atoms with Crippen LogP contribution in [0.5, 0.6) is 0 Å². The summed E-state index contributed by atoms with van der Waals surface area (Å²) in [6.07, 6.45) is 1.70. The number of benzene rings is 1. The first-order valence-electron chi connectivity index (χ1n) is 7.71.